The third-order valence-electron chi connectivity index (χ3n) is 5.97. The summed E-state index contributed by atoms with van der Waals surface area (Å²) in [5.41, 5.74) is 0.796. The van der Waals surface area contributed by atoms with Crippen molar-refractivity contribution < 1.29 is 13.9 Å². The Hall–Kier alpha value is -2.27. The number of nitrogens with one attached hydrogen (secondary N) is 1. The molecule has 0 unspecified atom stereocenters. The number of carbonyl (C=O) groups is 1. The molecule has 1 aromatic heterocycles. The fourth-order valence-corrected chi connectivity index (χ4v) is 4.00. The van der Waals surface area contributed by atoms with E-state index in [0.717, 1.165) is 55.4 Å². The summed E-state index contributed by atoms with van der Waals surface area (Å²) in [5, 5.41) is 2.98. The Labute approximate surface area is 174 Å². The van der Waals surface area contributed by atoms with E-state index in [-0.39, 0.29) is 5.91 Å². The minimum atomic E-state index is 0.0863. The molecule has 1 aliphatic rings. The molecular formula is C24H34N2O3. The van der Waals surface area contributed by atoms with Crippen molar-refractivity contribution in [2.24, 2.45) is 5.92 Å². The first-order valence-electron chi connectivity index (χ1n) is 10.8. The van der Waals surface area contributed by atoms with Gasteiger partial charge in [0.05, 0.1) is 7.11 Å². The van der Waals surface area contributed by atoms with Crippen molar-refractivity contribution in [2.75, 3.05) is 32.1 Å². The van der Waals surface area contributed by atoms with E-state index in [0.29, 0.717) is 18.3 Å². The molecule has 0 saturated carbocycles. The zero-order valence-corrected chi connectivity index (χ0v) is 17.9. The molecule has 0 aliphatic carbocycles. The molecule has 29 heavy (non-hydrogen) atoms. The molecule has 3 rings (SSSR count). The molecule has 5 nitrogen and oxygen atoms in total. The van der Waals surface area contributed by atoms with Crippen LogP contribution in [0.5, 0.6) is 5.75 Å². The maximum Gasteiger partial charge on any atom is 0.224 e. The van der Waals surface area contributed by atoms with Crippen LogP contribution in [0.25, 0.3) is 0 Å². The molecule has 1 saturated heterocycles. The fourth-order valence-electron chi connectivity index (χ4n) is 4.00. The Kier molecular flexibility index (Phi) is 7.76. The van der Waals surface area contributed by atoms with Gasteiger partial charge in [0, 0.05) is 24.1 Å². The number of furan rings is 1. The van der Waals surface area contributed by atoms with Crippen LogP contribution in [0, 0.1) is 12.8 Å². The highest BCUT2D eigenvalue weighted by Crippen LogP contribution is 2.25. The molecule has 0 radical (unpaired) electrons. The van der Waals surface area contributed by atoms with Gasteiger partial charge in [0.25, 0.3) is 0 Å². The van der Waals surface area contributed by atoms with Gasteiger partial charge >= 0.3 is 0 Å². The number of amides is 1. The summed E-state index contributed by atoms with van der Waals surface area (Å²) >= 11 is 0. The largest absolute Gasteiger partial charge is 0.497 e. The first-order chi connectivity index (χ1) is 14.0. The van der Waals surface area contributed by atoms with Crippen molar-refractivity contribution in [3.63, 3.8) is 0 Å². The van der Waals surface area contributed by atoms with E-state index in [1.807, 2.05) is 37.3 Å². The van der Waals surface area contributed by atoms with Gasteiger partial charge in [0.1, 0.15) is 17.3 Å². The van der Waals surface area contributed by atoms with Gasteiger partial charge in [-0.1, -0.05) is 13.0 Å². The zero-order chi connectivity index (χ0) is 20.6. The van der Waals surface area contributed by atoms with E-state index in [2.05, 4.69) is 23.2 Å². The van der Waals surface area contributed by atoms with E-state index < -0.39 is 0 Å². The summed E-state index contributed by atoms with van der Waals surface area (Å²) in [5.74, 6) is 4.03. The Bertz CT molecular complexity index is 778. The lowest BCUT2D eigenvalue weighted by molar-refractivity contribution is -0.116. The van der Waals surface area contributed by atoms with Gasteiger partial charge in [-0.2, -0.15) is 0 Å². The van der Waals surface area contributed by atoms with Gasteiger partial charge < -0.3 is 19.4 Å². The highest BCUT2D eigenvalue weighted by Gasteiger charge is 2.21. The van der Waals surface area contributed by atoms with Gasteiger partial charge in [0.2, 0.25) is 5.91 Å². The molecule has 5 heteroatoms. The van der Waals surface area contributed by atoms with Crippen LogP contribution in [0.4, 0.5) is 5.69 Å². The van der Waals surface area contributed by atoms with Crippen LogP contribution < -0.4 is 10.1 Å². The van der Waals surface area contributed by atoms with Crippen molar-refractivity contribution >= 4 is 11.6 Å². The molecule has 1 aromatic carbocycles. The van der Waals surface area contributed by atoms with Crippen LogP contribution in [0.15, 0.2) is 40.8 Å². The number of benzene rings is 1. The molecule has 158 valence electrons. The van der Waals surface area contributed by atoms with Crippen molar-refractivity contribution in [3.05, 3.63) is 47.9 Å². The lowest BCUT2D eigenvalue weighted by atomic mass is 9.91. The number of ether oxygens (including phenoxy) is 1. The van der Waals surface area contributed by atoms with Gasteiger partial charge in [0.15, 0.2) is 0 Å². The predicted octanol–water partition coefficient (Wildman–Crippen LogP) is 5.22. The zero-order valence-electron chi connectivity index (χ0n) is 17.9. The van der Waals surface area contributed by atoms with E-state index in [4.69, 9.17) is 9.15 Å². The van der Waals surface area contributed by atoms with Crippen LogP contribution in [0.1, 0.15) is 56.5 Å². The highest BCUT2D eigenvalue weighted by atomic mass is 16.5. The summed E-state index contributed by atoms with van der Waals surface area (Å²) in [6.07, 6.45) is 5.03. The lowest BCUT2D eigenvalue weighted by Crippen LogP contribution is -2.35. The molecule has 0 bridgehead atoms. The van der Waals surface area contributed by atoms with Crippen molar-refractivity contribution in [3.8, 4) is 5.75 Å². The number of likely N-dealkylation sites (tertiary alicyclic amines) is 1. The number of methoxy groups -OCH3 is 1. The molecule has 2 heterocycles. The average Bonchev–Trinajstić information content (AvgIpc) is 3.18. The Morgan fingerprint density at radius 1 is 1.28 bits per heavy atom. The number of aryl methyl sites for hydroxylation is 1. The van der Waals surface area contributed by atoms with Crippen molar-refractivity contribution in [2.45, 2.75) is 51.9 Å². The molecule has 0 spiro atoms. The van der Waals surface area contributed by atoms with Gasteiger partial charge in [-0.05, 0) is 82.4 Å². The van der Waals surface area contributed by atoms with Crippen molar-refractivity contribution in [1.29, 1.82) is 0 Å². The molecular weight excluding hydrogens is 364 g/mol. The third-order valence-corrected chi connectivity index (χ3v) is 5.97. The van der Waals surface area contributed by atoms with E-state index >= 15 is 0 Å². The number of rotatable bonds is 9. The monoisotopic (exact) mass is 398 g/mol. The number of nitrogens with zero attached hydrogens (tertiary/aromatic N) is 1. The smallest absolute Gasteiger partial charge is 0.224 e. The summed E-state index contributed by atoms with van der Waals surface area (Å²) in [4.78, 5) is 14.8. The van der Waals surface area contributed by atoms with Crippen molar-refractivity contribution in [1.82, 2.24) is 4.90 Å². The van der Waals surface area contributed by atoms with Gasteiger partial charge in [-0.15, -0.1) is 0 Å². The highest BCUT2D eigenvalue weighted by molar-refractivity contribution is 5.90. The first kappa shape index (κ1) is 21.4. The molecule has 1 aliphatic heterocycles. The molecule has 1 atom stereocenters. The minimum absolute atomic E-state index is 0.0863. The Morgan fingerprint density at radius 2 is 2.07 bits per heavy atom. The van der Waals surface area contributed by atoms with Crippen LogP contribution in [-0.2, 0) is 4.79 Å². The van der Waals surface area contributed by atoms with E-state index in [9.17, 15) is 4.79 Å². The number of hydrogen-bond acceptors (Lipinski definition) is 4. The van der Waals surface area contributed by atoms with Crippen LogP contribution in [-0.4, -0.2) is 37.6 Å². The average molecular weight is 399 g/mol. The minimum Gasteiger partial charge on any atom is -0.497 e. The fraction of sp³-hybridized carbons (Fsp3) is 0.542. The first-order valence-corrected chi connectivity index (χ1v) is 10.8. The second-order valence-corrected chi connectivity index (χ2v) is 8.24. The van der Waals surface area contributed by atoms with Gasteiger partial charge in [-0.25, -0.2) is 0 Å². The molecule has 1 N–H and O–H groups in total. The SMILES string of the molecule is COc1cccc(NC(=O)CCC2CCN(CC[C@@H](C)c3ccc(C)o3)CC2)c1. The number of anilines is 1. The number of piperidine rings is 1. The van der Waals surface area contributed by atoms with Crippen LogP contribution in [0.3, 0.4) is 0 Å². The van der Waals surface area contributed by atoms with Gasteiger partial charge in [-0.3, -0.25) is 4.79 Å². The summed E-state index contributed by atoms with van der Waals surface area (Å²) in [7, 11) is 1.63. The summed E-state index contributed by atoms with van der Waals surface area (Å²) < 4.78 is 10.9. The molecule has 1 fully saturated rings. The maximum atomic E-state index is 12.3. The number of carbonyl (C=O) groups excluding carboxylic acids is 1. The molecule has 2 aromatic rings. The predicted molar refractivity (Wildman–Crippen MR) is 116 cm³/mol. The third kappa shape index (κ3) is 6.64. The molecule has 1 amide bonds. The topological polar surface area (TPSA) is 54.7 Å². The lowest BCUT2D eigenvalue weighted by Gasteiger charge is -2.32. The standard InChI is InChI=1S/C24H34N2O3/c1-18(23-9-7-19(2)29-23)11-14-26-15-12-20(13-16-26)8-10-24(27)25-21-5-4-6-22(17-21)28-3/h4-7,9,17-18,20H,8,10-16H2,1-3H3,(H,25,27)/t18-/m1/s1. The van der Waals surface area contributed by atoms with Crippen LogP contribution >= 0.6 is 0 Å². The van der Waals surface area contributed by atoms with Crippen LogP contribution in [0.2, 0.25) is 0 Å². The van der Waals surface area contributed by atoms with E-state index in [1.54, 1.807) is 7.11 Å². The second-order valence-electron chi connectivity index (χ2n) is 8.24. The Morgan fingerprint density at radius 3 is 2.76 bits per heavy atom. The number of hydrogen-bond donors (Lipinski definition) is 1. The quantitative estimate of drug-likeness (QED) is 0.629. The maximum absolute atomic E-state index is 12.3. The summed E-state index contributed by atoms with van der Waals surface area (Å²) in [6, 6.07) is 11.6. The second kappa shape index (κ2) is 10.5. The normalized spacial score (nSPS) is 16.5. The Balaban J connectivity index is 1.32. The van der Waals surface area contributed by atoms with E-state index in [1.165, 1.54) is 12.8 Å². The summed E-state index contributed by atoms with van der Waals surface area (Å²) in [6.45, 7) is 7.62.